The van der Waals surface area contributed by atoms with Crippen molar-refractivity contribution in [2.75, 3.05) is 0 Å². The number of imidazole rings is 2. The molecule has 2 aliphatic carbocycles. The molecular formula is C38H42N8O2. The van der Waals surface area contributed by atoms with Crippen molar-refractivity contribution in [2.24, 2.45) is 14.1 Å². The predicted octanol–water partition coefficient (Wildman–Crippen LogP) is 8.76. The van der Waals surface area contributed by atoms with Crippen LogP contribution in [0.2, 0.25) is 0 Å². The molecule has 2 fully saturated rings. The zero-order chi connectivity index (χ0) is 33.6. The van der Waals surface area contributed by atoms with Crippen LogP contribution in [0.4, 0.5) is 0 Å². The number of aryl methyl sites for hydroxylation is 9. The van der Waals surface area contributed by atoms with Gasteiger partial charge in [0.25, 0.3) is 0 Å². The number of H-pyrrole nitrogens is 1. The average molecular weight is 643 g/mol. The maximum Gasteiger partial charge on any atom is 0.141 e. The van der Waals surface area contributed by atoms with E-state index in [9.17, 15) is 0 Å². The minimum atomic E-state index is 0.587. The van der Waals surface area contributed by atoms with E-state index in [-0.39, 0.29) is 0 Å². The Kier molecular flexibility index (Phi) is 6.98. The Morgan fingerprint density at radius 2 is 1.12 bits per heavy atom. The van der Waals surface area contributed by atoms with E-state index in [1.807, 2.05) is 34.6 Å². The Morgan fingerprint density at radius 1 is 0.625 bits per heavy atom. The number of hydrogen-bond donors (Lipinski definition) is 1. The van der Waals surface area contributed by atoms with E-state index in [0.29, 0.717) is 11.8 Å². The van der Waals surface area contributed by atoms with Crippen molar-refractivity contribution in [3.63, 3.8) is 0 Å². The zero-order valence-corrected chi connectivity index (χ0v) is 29.2. The lowest BCUT2D eigenvalue weighted by Crippen LogP contribution is -1.95. The first kappa shape index (κ1) is 30.4. The smallest absolute Gasteiger partial charge is 0.141 e. The van der Waals surface area contributed by atoms with E-state index in [2.05, 4.69) is 81.9 Å². The molecule has 0 bridgehead atoms. The van der Waals surface area contributed by atoms with Crippen molar-refractivity contribution in [3.05, 3.63) is 75.8 Å². The number of hydrogen-bond acceptors (Lipinski definition) is 7. The molecule has 0 unspecified atom stereocenters. The van der Waals surface area contributed by atoms with Crippen LogP contribution in [0.25, 0.3) is 55.4 Å². The molecule has 2 aromatic carbocycles. The van der Waals surface area contributed by atoms with Gasteiger partial charge >= 0.3 is 0 Å². The van der Waals surface area contributed by atoms with Crippen molar-refractivity contribution < 1.29 is 9.05 Å². The number of benzene rings is 2. The van der Waals surface area contributed by atoms with Gasteiger partial charge in [0.05, 0.1) is 39.1 Å². The van der Waals surface area contributed by atoms with Crippen molar-refractivity contribution in [1.82, 2.24) is 39.6 Å². The SMILES string of the molecule is Cc1n[nH]c(C)c1-c1cc(-c2c(C)noc2C)cc2c1nc(C1CC1)n2C.Cc1noc(C)c1-c1cc(C)c2nc(C3CC3)n(C)c2c1. The molecule has 5 heterocycles. The predicted molar refractivity (Wildman–Crippen MR) is 187 cm³/mol. The molecule has 10 nitrogen and oxygen atoms in total. The molecule has 2 aliphatic rings. The summed E-state index contributed by atoms with van der Waals surface area (Å²) in [5.41, 5.74) is 16.3. The van der Waals surface area contributed by atoms with Gasteiger partial charge in [-0.25, -0.2) is 9.97 Å². The van der Waals surface area contributed by atoms with Crippen molar-refractivity contribution in [1.29, 1.82) is 0 Å². The summed E-state index contributed by atoms with van der Waals surface area (Å²) < 4.78 is 15.2. The summed E-state index contributed by atoms with van der Waals surface area (Å²) in [6, 6.07) is 8.84. The summed E-state index contributed by atoms with van der Waals surface area (Å²) in [6.07, 6.45) is 5.00. The second kappa shape index (κ2) is 11.0. The van der Waals surface area contributed by atoms with Gasteiger partial charge in [-0.05, 0) is 115 Å². The van der Waals surface area contributed by atoms with Crippen LogP contribution in [0.15, 0.2) is 33.3 Å². The molecular weight excluding hydrogens is 600 g/mol. The van der Waals surface area contributed by atoms with Gasteiger partial charge in [-0.1, -0.05) is 10.3 Å². The first-order valence-corrected chi connectivity index (χ1v) is 16.9. The second-order valence-corrected chi connectivity index (χ2v) is 13.9. The standard InChI is InChI=1S/C21H23N5O.C17H19N3O/c1-10-18(11(2)24-23-10)16-8-15(19-12(3)25-27-13(19)4)9-17-20(16)22-21(26(17)5)14-6-7-14;1-9-7-13(15-10(2)19-21-11(15)3)8-14-16(9)18-17(20(14)4)12-5-6-12/h8-9,14H,6-7H2,1-5H3,(H,23,24);7-8,12H,5-6H2,1-4H3. The lowest BCUT2D eigenvalue weighted by atomic mass is 9.95. The fourth-order valence-electron chi connectivity index (χ4n) is 7.41. The Balaban J connectivity index is 0.000000145. The Morgan fingerprint density at radius 3 is 1.58 bits per heavy atom. The van der Waals surface area contributed by atoms with E-state index >= 15 is 0 Å². The molecule has 0 atom stereocenters. The van der Waals surface area contributed by atoms with Crippen LogP contribution in [0.3, 0.4) is 0 Å². The van der Waals surface area contributed by atoms with Crippen LogP contribution >= 0.6 is 0 Å². The molecule has 0 aliphatic heterocycles. The minimum Gasteiger partial charge on any atom is -0.361 e. The summed E-state index contributed by atoms with van der Waals surface area (Å²) in [5.74, 6) is 5.36. The quantitative estimate of drug-likeness (QED) is 0.199. The third-order valence-corrected chi connectivity index (χ3v) is 10.2. The first-order chi connectivity index (χ1) is 23.0. The number of aromatic amines is 1. The zero-order valence-electron chi connectivity index (χ0n) is 29.2. The van der Waals surface area contributed by atoms with Gasteiger partial charge in [0.2, 0.25) is 0 Å². The van der Waals surface area contributed by atoms with Crippen LogP contribution in [0.5, 0.6) is 0 Å². The molecule has 246 valence electrons. The fraction of sp³-hybridized carbons (Fsp3) is 0.395. The van der Waals surface area contributed by atoms with Crippen molar-refractivity contribution in [3.8, 4) is 33.4 Å². The van der Waals surface area contributed by atoms with Gasteiger partial charge in [-0.3, -0.25) is 5.10 Å². The Hall–Kier alpha value is -4.99. The number of aromatic nitrogens is 8. The van der Waals surface area contributed by atoms with Crippen LogP contribution in [0.1, 0.15) is 89.0 Å². The largest absolute Gasteiger partial charge is 0.361 e. The van der Waals surface area contributed by atoms with Gasteiger partial charge in [-0.15, -0.1) is 0 Å². The maximum absolute atomic E-state index is 5.43. The highest BCUT2D eigenvalue weighted by molar-refractivity contribution is 5.98. The first-order valence-electron chi connectivity index (χ1n) is 16.9. The number of nitrogens with one attached hydrogen (secondary N) is 1. The van der Waals surface area contributed by atoms with Crippen LogP contribution in [0, 0.1) is 48.5 Å². The molecule has 0 spiro atoms. The van der Waals surface area contributed by atoms with Gasteiger partial charge < -0.3 is 18.2 Å². The lowest BCUT2D eigenvalue weighted by molar-refractivity contribution is 0.393. The Bertz CT molecular complexity index is 2310. The molecule has 2 saturated carbocycles. The highest BCUT2D eigenvalue weighted by Crippen LogP contribution is 2.44. The summed E-state index contributed by atoms with van der Waals surface area (Å²) in [5, 5.41) is 15.8. The van der Waals surface area contributed by atoms with Gasteiger partial charge in [0.1, 0.15) is 23.2 Å². The van der Waals surface area contributed by atoms with Crippen LogP contribution in [-0.4, -0.2) is 39.6 Å². The van der Waals surface area contributed by atoms with Gasteiger partial charge in [0, 0.05) is 53.9 Å². The Labute approximate surface area is 279 Å². The molecule has 1 N–H and O–H groups in total. The molecule has 5 aromatic heterocycles. The van der Waals surface area contributed by atoms with Crippen molar-refractivity contribution in [2.45, 2.75) is 86.0 Å². The molecule has 0 amide bonds. The van der Waals surface area contributed by atoms with Gasteiger partial charge in [-0.2, -0.15) is 5.10 Å². The molecule has 48 heavy (non-hydrogen) atoms. The number of nitrogens with zero attached hydrogens (tertiary/aromatic N) is 7. The third kappa shape index (κ3) is 4.88. The highest BCUT2D eigenvalue weighted by Gasteiger charge is 2.31. The minimum absolute atomic E-state index is 0.587. The topological polar surface area (TPSA) is 116 Å². The maximum atomic E-state index is 5.43. The summed E-state index contributed by atoms with van der Waals surface area (Å²) in [6.45, 7) is 14.1. The van der Waals surface area contributed by atoms with E-state index in [1.54, 1.807) is 0 Å². The lowest BCUT2D eigenvalue weighted by Gasteiger charge is -2.09. The normalized spacial score (nSPS) is 14.7. The molecule has 0 saturated heterocycles. The van der Waals surface area contributed by atoms with E-state index < -0.39 is 0 Å². The van der Waals surface area contributed by atoms with E-state index in [0.717, 1.165) is 78.7 Å². The third-order valence-electron chi connectivity index (χ3n) is 10.2. The van der Waals surface area contributed by atoms with Crippen LogP contribution in [-0.2, 0) is 14.1 Å². The van der Waals surface area contributed by atoms with E-state index in [4.69, 9.17) is 19.0 Å². The van der Waals surface area contributed by atoms with Crippen molar-refractivity contribution >= 4 is 22.1 Å². The second-order valence-electron chi connectivity index (χ2n) is 13.9. The summed E-state index contributed by atoms with van der Waals surface area (Å²) in [7, 11) is 4.25. The molecule has 7 aromatic rings. The molecule has 9 rings (SSSR count). The summed E-state index contributed by atoms with van der Waals surface area (Å²) >= 11 is 0. The molecule has 0 radical (unpaired) electrons. The van der Waals surface area contributed by atoms with Gasteiger partial charge in [0.15, 0.2) is 0 Å². The van der Waals surface area contributed by atoms with Crippen LogP contribution < -0.4 is 0 Å². The van der Waals surface area contributed by atoms with E-state index in [1.165, 1.54) is 54.0 Å². The number of rotatable bonds is 5. The summed E-state index contributed by atoms with van der Waals surface area (Å²) in [4.78, 5) is 9.93. The highest BCUT2D eigenvalue weighted by atomic mass is 16.5. The average Bonchev–Trinajstić information content (AvgIpc) is 3.93. The number of fused-ring (bicyclic) bond motifs is 2. The molecule has 10 heteroatoms. The fourth-order valence-corrected chi connectivity index (χ4v) is 7.41. The monoisotopic (exact) mass is 642 g/mol.